The largest absolute Gasteiger partial charge is 0.479 e. The number of piperidine rings is 1. The van der Waals surface area contributed by atoms with E-state index >= 15 is 0 Å². The molecule has 2 aliphatic heterocycles. The molecular formula is C35H55N3O20. The fourth-order valence-corrected chi connectivity index (χ4v) is 5.51. The minimum atomic E-state index is -2.27. The predicted molar refractivity (Wildman–Crippen MR) is 195 cm³/mol. The number of likely N-dealkylation sites (N-methyl/N-ethyl adjacent to an activating group) is 1. The van der Waals surface area contributed by atoms with Crippen molar-refractivity contribution in [2.24, 2.45) is 5.92 Å². The lowest BCUT2D eigenvalue weighted by molar-refractivity contribution is -0.179. The molecule has 23 heteroatoms. The topological polar surface area (TPSA) is 381 Å². The Labute approximate surface area is 332 Å². The van der Waals surface area contributed by atoms with Gasteiger partial charge in [-0.15, -0.1) is 0 Å². The number of carbonyl (C=O) groups is 7. The Balaban J connectivity index is 0.000000891. The number of esters is 1. The number of likely N-dealkylation sites (tertiary alicyclic amines) is 1. The number of carboxylic acids is 6. The number of ether oxygens (including phenoxy) is 1. The molecule has 2 saturated heterocycles. The standard InChI is InChI=1S/C23H37N3O2.3C4H6O6/c1-5-22(27)28-23(21-9-7-6-8-10-21)17-20(3)26(18-19(23)2)16-15-25-13-11-24(4)12-14-25;3*5-1(3(7)8)2(6)4(9)10/h6-10,19-20H,5,11-18H2,1-4H3;3*1-2,5-6H,(H,7,8)(H,9,10)/t;3*1-,2-/m.111/s1. The van der Waals surface area contributed by atoms with Crippen molar-refractivity contribution in [2.75, 3.05) is 52.9 Å². The number of carbonyl (C=O) groups excluding carboxylic acids is 1. The van der Waals surface area contributed by atoms with Crippen LogP contribution < -0.4 is 0 Å². The van der Waals surface area contributed by atoms with Gasteiger partial charge in [0.2, 0.25) is 0 Å². The van der Waals surface area contributed by atoms with E-state index in [0.29, 0.717) is 12.5 Å². The van der Waals surface area contributed by atoms with Crippen molar-refractivity contribution in [3.8, 4) is 0 Å². The summed E-state index contributed by atoms with van der Waals surface area (Å²) in [7, 11) is 2.20. The summed E-state index contributed by atoms with van der Waals surface area (Å²) < 4.78 is 6.17. The number of hydrogen-bond donors (Lipinski definition) is 12. The highest BCUT2D eigenvalue weighted by Gasteiger charge is 2.48. The van der Waals surface area contributed by atoms with Gasteiger partial charge in [-0.2, -0.15) is 0 Å². The zero-order chi connectivity index (χ0) is 45.1. The Hall–Kier alpha value is -4.85. The maximum Gasteiger partial charge on any atom is 0.335 e. The molecule has 330 valence electrons. The van der Waals surface area contributed by atoms with Crippen LogP contribution in [0.4, 0.5) is 0 Å². The minimum Gasteiger partial charge on any atom is -0.479 e. The lowest BCUT2D eigenvalue weighted by Gasteiger charge is -2.49. The van der Waals surface area contributed by atoms with E-state index in [1.807, 2.05) is 25.1 Å². The molecule has 2 aliphatic rings. The summed E-state index contributed by atoms with van der Waals surface area (Å²) in [5.41, 5.74) is 0.618. The van der Waals surface area contributed by atoms with Crippen molar-refractivity contribution in [1.29, 1.82) is 0 Å². The van der Waals surface area contributed by atoms with E-state index in [9.17, 15) is 33.6 Å². The van der Waals surface area contributed by atoms with Crippen molar-refractivity contribution < 1.29 is 99.6 Å². The molecule has 2 fully saturated rings. The van der Waals surface area contributed by atoms with Gasteiger partial charge >= 0.3 is 41.8 Å². The number of aliphatic carboxylic acids is 6. The van der Waals surface area contributed by atoms with Crippen LogP contribution in [0, 0.1) is 5.92 Å². The molecule has 0 amide bonds. The summed E-state index contributed by atoms with van der Waals surface area (Å²) in [5, 5.41) is 97.6. The first-order chi connectivity index (χ1) is 26.8. The molecule has 0 saturated carbocycles. The van der Waals surface area contributed by atoms with Gasteiger partial charge in [-0.3, -0.25) is 14.6 Å². The average Bonchev–Trinajstić information content (AvgIpc) is 3.18. The first-order valence-corrected chi connectivity index (χ1v) is 17.7. The molecule has 9 atom stereocenters. The number of nitrogens with zero attached hydrogens (tertiary/aromatic N) is 3. The van der Waals surface area contributed by atoms with Crippen molar-refractivity contribution in [1.82, 2.24) is 14.7 Å². The van der Waals surface area contributed by atoms with Crippen LogP contribution in [0.25, 0.3) is 0 Å². The molecule has 3 rings (SSSR count). The lowest BCUT2D eigenvalue weighted by Crippen LogP contribution is -2.56. The molecule has 0 aromatic heterocycles. The summed E-state index contributed by atoms with van der Waals surface area (Å²) in [6, 6.07) is 10.7. The van der Waals surface area contributed by atoms with Crippen molar-refractivity contribution >= 4 is 41.8 Å². The molecule has 3 unspecified atom stereocenters. The first kappa shape index (κ1) is 53.1. The zero-order valence-electron chi connectivity index (χ0n) is 32.3. The van der Waals surface area contributed by atoms with Crippen LogP contribution in [-0.4, -0.2) is 213 Å². The molecular weight excluding hydrogens is 782 g/mol. The van der Waals surface area contributed by atoms with Crippen LogP contribution in [0.5, 0.6) is 0 Å². The van der Waals surface area contributed by atoms with Crippen LogP contribution in [0.1, 0.15) is 39.2 Å². The van der Waals surface area contributed by atoms with Crippen molar-refractivity contribution in [3.63, 3.8) is 0 Å². The first-order valence-electron chi connectivity index (χ1n) is 17.7. The lowest BCUT2D eigenvalue weighted by atomic mass is 9.74. The van der Waals surface area contributed by atoms with Crippen LogP contribution in [0.2, 0.25) is 0 Å². The Kier molecular flexibility index (Phi) is 23.4. The number of aliphatic hydroxyl groups is 6. The molecule has 1 aromatic carbocycles. The van der Waals surface area contributed by atoms with Gasteiger partial charge in [0, 0.05) is 70.6 Å². The second-order valence-corrected chi connectivity index (χ2v) is 13.4. The quantitative estimate of drug-likeness (QED) is 0.0761. The molecule has 0 spiro atoms. The highest BCUT2D eigenvalue weighted by Crippen LogP contribution is 2.43. The van der Waals surface area contributed by atoms with Crippen LogP contribution >= 0.6 is 0 Å². The van der Waals surface area contributed by atoms with Crippen LogP contribution in [-0.2, 0) is 43.9 Å². The summed E-state index contributed by atoms with van der Waals surface area (Å²) >= 11 is 0. The second kappa shape index (κ2) is 25.5. The third-order valence-electron chi connectivity index (χ3n) is 9.09. The van der Waals surface area contributed by atoms with Gasteiger partial charge in [0.25, 0.3) is 0 Å². The molecule has 1 aromatic rings. The van der Waals surface area contributed by atoms with E-state index in [0.717, 1.165) is 57.8 Å². The number of hydrogen-bond acceptors (Lipinski definition) is 17. The highest BCUT2D eigenvalue weighted by molar-refractivity contribution is 5.84. The molecule has 2 heterocycles. The maximum atomic E-state index is 12.3. The van der Waals surface area contributed by atoms with E-state index in [-0.39, 0.29) is 11.9 Å². The number of rotatable bonds is 15. The second-order valence-electron chi connectivity index (χ2n) is 13.4. The van der Waals surface area contributed by atoms with Crippen molar-refractivity contribution in [3.05, 3.63) is 35.9 Å². The number of benzene rings is 1. The van der Waals surface area contributed by atoms with E-state index in [2.05, 4.69) is 47.7 Å². The molecule has 0 aliphatic carbocycles. The molecule has 23 nitrogen and oxygen atoms in total. The van der Waals surface area contributed by atoms with Gasteiger partial charge in [-0.25, -0.2) is 28.8 Å². The summed E-state index contributed by atoms with van der Waals surface area (Å²) in [5.74, 6) is -10.5. The van der Waals surface area contributed by atoms with Gasteiger partial charge < -0.3 is 70.9 Å². The summed E-state index contributed by atoms with van der Waals surface area (Å²) in [6.07, 6.45) is -12.3. The van der Waals surface area contributed by atoms with Crippen molar-refractivity contribution in [2.45, 2.75) is 81.9 Å². The van der Waals surface area contributed by atoms with Gasteiger partial charge in [0.1, 0.15) is 5.60 Å². The highest BCUT2D eigenvalue weighted by atomic mass is 16.6. The van der Waals surface area contributed by atoms with Crippen LogP contribution in [0.15, 0.2) is 30.3 Å². The Morgan fingerprint density at radius 3 is 1.33 bits per heavy atom. The predicted octanol–water partition coefficient (Wildman–Crippen LogP) is -3.55. The number of piperazine rings is 1. The van der Waals surface area contributed by atoms with Gasteiger partial charge in [0.15, 0.2) is 36.6 Å². The number of carboxylic acid groups (broad SMARTS) is 6. The van der Waals surface area contributed by atoms with Crippen LogP contribution in [0.3, 0.4) is 0 Å². The van der Waals surface area contributed by atoms with E-state index < -0.39 is 78.0 Å². The normalized spacial score (nSPS) is 22.8. The molecule has 0 bridgehead atoms. The Morgan fingerprint density at radius 1 is 0.638 bits per heavy atom. The van der Waals surface area contributed by atoms with Gasteiger partial charge in [-0.05, 0) is 19.5 Å². The molecule has 12 N–H and O–H groups in total. The van der Waals surface area contributed by atoms with E-state index in [4.69, 9.17) is 66.0 Å². The molecule has 58 heavy (non-hydrogen) atoms. The third kappa shape index (κ3) is 17.3. The van der Waals surface area contributed by atoms with E-state index in [1.165, 1.54) is 0 Å². The minimum absolute atomic E-state index is 0.103. The third-order valence-corrected chi connectivity index (χ3v) is 9.09. The number of aliphatic hydroxyl groups excluding tert-OH is 6. The van der Waals surface area contributed by atoms with Gasteiger partial charge in [0.05, 0.1) is 0 Å². The summed E-state index contributed by atoms with van der Waals surface area (Å²) in [6.45, 7) is 14.2. The van der Waals surface area contributed by atoms with E-state index in [1.54, 1.807) is 0 Å². The Bertz CT molecular complexity index is 1350. The Morgan fingerprint density at radius 2 is 1.00 bits per heavy atom. The summed E-state index contributed by atoms with van der Waals surface area (Å²) in [4.78, 5) is 78.5. The fourth-order valence-electron chi connectivity index (χ4n) is 5.51. The average molecular weight is 838 g/mol. The monoisotopic (exact) mass is 837 g/mol. The molecule has 0 radical (unpaired) electrons. The van der Waals surface area contributed by atoms with Gasteiger partial charge in [-0.1, -0.05) is 44.2 Å². The zero-order valence-corrected chi connectivity index (χ0v) is 32.3. The maximum absolute atomic E-state index is 12.3. The SMILES string of the molecule is CCC(=O)OC1(c2ccccc2)CC(C)N(CCN2CCN(C)CC2)CC1C.O=C(O)[C@H](O)[C@@H](O)C(=O)O.O=C(O)[C@H](O)[C@@H](O)C(=O)O.O=C(O)[C@H](O)[C@@H](O)C(=O)O. The fraction of sp³-hybridized carbons (Fsp3) is 0.629. The smallest absolute Gasteiger partial charge is 0.335 e.